The molecule has 196 valence electrons. The Balaban J connectivity index is 1.20. The quantitative estimate of drug-likeness (QED) is 0.386. The van der Waals surface area contributed by atoms with Crippen molar-refractivity contribution in [3.63, 3.8) is 0 Å². The SMILES string of the molecule is Cc1ccc(C)c(CC(=O)N2CCC(c3nc(C4OCc5c(C)c(C)c(C)c(C)c5CO4)cs3)CC2)c1. The van der Waals surface area contributed by atoms with Crippen LogP contribution >= 0.6 is 11.3 Å². The number of carbonyl (C=O) groups excluding carboxylic acids is 1. The maximum Gasteiger partial charge on any atom is 0.227 e. The summed E-state index contributed by atoms with van der Waals surface area (Å²) in [5.74, 6) is 0.601. The highest BCUT2D eigenvalue weighted by atomic mass is 32.1. The Kier molecular flexibility index (Phi) is 7.53. The molecule has 2 aliphatic heterocycles. The third kappa shape index (κ3) is 5.25. The number of benzene rings is 2. The maximum atomic E-state index is 13.0. The van der Waals surface area contributed by atoms with Gasteiger partial charge in [0.15, 0.2) is 0 Å². The summed E-state index contributed by atoms with van der Waals surface area (Å²) in [4.78, 5) is 20.0. The minimum atomic E-state index is -0.448. The van der Waals surface area contributed by atoms with E-state index in [1.165, 1.54) is 44.5 Å². The molecule has 3 aromatic rings. The van der Waals surface area contributed by atoms with E-state index in [0.717, 1.165) is 42.2 Å². The molecule has 0 saturated carbocycles. The molecule has 37 heavy (non-hydrogen) atoms. The van der Waals surface area contributed by atoms with Crippen LogP contribution in [0.15, 0.2) is 23.6 Å². The van der Waals surface area contributed by atoms with Crippen LogP contribution in [-0.4, -0.2) is 28.9 Å². The van der Waals surface area contributed by atoms with Crippen molar-refractivity contribution in [1.82, 2.24) is 9.88 Å². The molecule has 0 bridgehead atoms. The molecular weight excluding hydrogens is 480 g/mol. The van der Waals surface area contributed by atoms with Gasteiger partial charge in [0.25, 0.3) is 0 Å². The Morgan fingerprint density at radius 2 is 1.57 bits per heavy atom. The maximum absolute atomic E-state index is 13.0. The average molecular weight is 519 g/mol. The molecule has 0 atom stereocenters. The lowest BCUT2D eigenvalue weighted by Gasteiger charge is -2.31. The Morgan fingerprint density at radius 1 is 0.946 bits per heavy atom. The number of nitrogens with zero attached hydrogens (tertiary/aromatic N) is 2. The summed E-state index contributed by atoms with van der Waals surface area (Å²) < 4.78 is 12.5. The summed E-state index contributed by atoms with van der Waals surface area (Å²) >= 11 is 1.69. The number of amides is 1. The van der Waals surface area contributed by atoms with E-state index in [9.17, 15) is 4.79 Å². The summed E-state index contributed by atoms with van der Waals surface area (Å²) in [6.07, 6.45) is 1.92. The van der Waals surface area contributed by atoms with E-state index >= 15 is 0 Å². The van der Waals surface area contributed by atoms with Gasteiger partial charge in [-0.3, -0.25) is 4.79 Å². The number of thiazole rings is 1. The van der Waals surface area contributed by atoms with Crippen molar-refractivity contribution >= 4 is 17.2 Å². The number of aromatic nitrogens is 1. The number of hydrogen-bond acceptors (Lipinski definition) is 5. The van der Waals surface area contributed by atoms with Gasteiger partial charge < -0.3 is 14.4 Å². The van der Waals surface area contributed by atoms with Crippen LogP contribution in [0.5, 0.6) is 0 Å². The second-order valence-corrected chi connectivity index (χ2v) is 11.7. The van der Waals surface area contributed by atoms with Gasteiger partial charge in [-0.15, -0.1) is 11.3 Å². The third-order valence-corrected chi connectivity index (χ3v) is 9.57. The number of piperidine rings is 1. The van der Waals surface area contributed by atoms with Gasteiger partial charge in [0.1, 0.15) is 5.69 Å². The fraction of sp³-hybridized carbons (Fsp3) is 0.484. The van der Waals surface area contributed by atoms with Crippen LogP contribution < -0.4 is 0 Å². The number of rotatable bonds is 4. The molecule has 5 rings (SSSR count). The second-order valence-electron chi connectivity index (χ2n) is 10.8. The summed E-state index contributed by atoms with van der Waals surface area (Å²) in [6.45, 7) is 15.6. The van der Waals surface area contributed by atoms with Crippen LogP contribution in [0.1, 0.15) is 85.8 Å². The molecule has 0 spiro atoms. The molecule has 1 amide bonds. The van der Waals surface area contributed by atoms with Crippen molar-refractivity contribution in [2.45, 2.75) is 86.2 Å². The molecule has 6 heteroatoms. The lowest BCUT2D eigenvalue weighted by Crippen LogP contribution is -2.38. The predicted octanol–water partition coefficient (Wildman–Crippen LogP) is 6.69. The highest BCUT2D eigenvalue weighted by Gasteiger charge is 2.29. The first-order valence-corrected chi connectivity index (χ1v) is 14.2. The monoisotopic (exact) mass is 518 g/mol. The lowest BCUT2D eigenvalue weighted by molar-refractivity contribution is -0.155. The first-order chi connectivity index (χ1) is 17.7. The topological polar surface area (TPSA) is 51.7 Å². The average Bonchev–Trinajstić information content (AvgIpc) is 3.28. The predicted molar refractivity (Wildman–Crippen MR) is 148 cm³/mol. The number of ether oxygens (including phenoxy) is 2. The van der Waals surface area contributed by atoms with Gasteiger partial charge in [-0.25, -0.2) is 4.98 Å². The zero-order chi connectivity index (χ0) is 26.3. The van der Waals surface area contributed by atoms with Crippen LogP contribution in [0.4, 0.5) is 0 Å². The van der Waals surface area contributed by atoms with Gasteiger partial charge in [-0.05, 0) is 98.9 Å². The van der Waals surface area contributed by atoms with Crippen molar-refractivity contribution < 1.29 is 14.3 Å². The molecule has 2 aliphatic rings. The highest BCUT2D eigenvalue weighted by molar-refractivity contribution is 7.09. The molecule has 0 radical (unpaired) electrons. The van der Waals surface area contributed by atoms with Crippen molar-refractivity contribution in [2.75, 3.05) is 13.1 Å². The summed E-state index contributed by atoms with van der Waals surface area (Å²) in [5.41, 5.74) is 12.2. The molecule has 0 N–H and O–H groups in total. The second kappa shape index (κ2) is 10.7. The van der Waals surface area contributed by atoms with Crippen LogP contribution in [0.3, 0.4) is 0 Å². The zero-order valence-electron chi connectivity index (χ0n) is 22.9. The number of likely N-dealkylation sites (tertiary alicyclic amines) is 1. The van der Waals surface area contributed by atoms with Crippen LogP contribution in [0.2, 0.25) is 0 Å². The molecule has 5 nitrogen and oxygen atoms in total. The van der Waals surface area contributed by atoms with Crippen LogP contribution in [0, 0.1) is 41.5 Å². The Bertz CT molecular complexity index is 1280. The highest BCUT2D eigenvalue weighted by Crippen LogP contribution is 2.36. The molecule has 1 fully saturated rings. The van der Waals surface area contributed by atoms with Gasteiger partial charge in [0, 0.05) is 24.4 Å². The molecular formula is C31H38N2O3S. The van der Waals surface area contributed by atoms with Crippen LogP contribution in [-0.2, 0) is 33.9 Å². The van der Waals surface area contributed by atoms with Gasteiger partial charge in [0.2, 0.25) is 12.2 Å². The first-order valence-electron chi connectivity index (χ1n) is 13.3. The van der Waals surface area contributed by atoms with Crippen molar-refractivity contribution in [1.29, 1.82) is 0 Å². The zero-order valence-corrected chi connectivity index (χ0v) is 23.8. The Labute approximate surface area is 224 Å². The normalized spacial score (nSPS) is 17.1. The van der Waals surface area contributed by atoms with E-state index in [2.05, 4.69) is 65.1 Å². The minimum Gasteiger partial charge on any atom is -0.342 e. The van der Waals surface area contributed by atoms with Crippen molar-refractivity contribution in [3.05, 3.63) is 84.4 Å². The van der Waals surface area contributed by atoms with E-state index in [0.29, 0.717) is 25.6 Å². The van der Waals surface area contributed by atoms with E-state index < -0.39 is 6.29 Å². The standard InChI is InChI=1S/C31H38N2O3S/c1-18-7-8-19(2)25(13-18)14-29(34)33-11-9-24(10-12-33)30-32-28(17-37-30)31-35-15-26-22(5)20(3)21(4)23(6)27(26)16-36-31/h7-8,13,17,24,31H,9-12,14-16H2,1-6H3. The fourth-order valence-electron chi connectivity index (χ4n) is 5.63. The summed E-state index contributed by atoms with van der Waals surface area (Å²) in [7, 11) is 0. The number of fused-ring (bicyclic) bond motifs is 1. The van der Waals surface area contributed by atoms with E-state index in [-0.39, 0.29) is 5.91 Å². The van der Waals surface area contributed by atoms with Crippen molar-refractivity contribution in [3.8, 4) is 0 Å². The first kappa shape index (κ1) is 26.1. The largest absolute Gasteiger partial charge is 0.342 e. The lowest BCUT2D eigenvalue weighted by atomic mass is 9.89. The molecule has 0 unspecified atom stereocenters. The van der Waals surface area contributed by atoms with E-state index in [1.807, 2.05) is 4.90 Å². The van der Waals surface area contributed by atoms with Gasteiger partial charge >= 0.3 is 0 Å². The van der Waals surface area contributed by atoms with Gasteiger partial charge in [-0.2, -0.15) is 0 Å². The van der Waals surface area contributed by atoms with Gasteiger partial charge in [0.05, 0.1) is 24.6 Å². The number of hydrogen-bond donors (Lipinski definition) is 0. The van der Waals surface area contributed by atoms with E-state index in [1.54, 1.807) is 11.3 Å². The Morgan fingerprint density at radius 3 is 2.19 bits per heavy atom. The summed E-state index contributed by atoms with van der Waals surface area (Å²) in [6, 6.07) is 6.35. The molecule has 0 aliphatic carbocycles. The number of aryl methyl sites for hydroxylation is 2. The molecule has 1 saturated heterocycles. The fourth-order valence-corrected chi connectivity index (χ4v) is 6.62. The van der Waals surface area contributed by atoms with Crippen molar-refractivity contribution in [2.24, 2.45) is 0 Å². The Hall–Kier alpha value is -2.54. The number of carbonyl (C=O) groups is 1. The van der Waals surface area contributed by atoms with Crippen LogP contribution in [0.25, 0.3) is 0 Å². The third-order valence-electron chi connectivity index (χ3n) is 8.54. The molecule has 3 heterocycles. The molecule has 2 aromatic carbocycles. The van der Waals surface area contributed by atoms with E-state index in [4.69, 9.17) is 14.5 Å². The molecule has 1 aromatic heterocycles. The van der Waals surface area contributed by atoms with Gasteiger partial charge in [-0.1, -0.05) is 23.8 Å². The summed E-state index contributed by atoms with van der Waals surface area (Å²) in [5, 5.41) is 3.22. The minimum absolute atomic E-state index is 0.225. The smallest absolute Gasteiger partial charge is 0.227 e.